The van der Waals surface area contributed by atoms with Gasteiger partial charge in [0, 0.05) is 0 Å². The summed E-state index contributed by atoms with van der Waals surface area (Å²) in [5.41, 5.74) is 6.08. The normalized spacial score (nSPS) is 10.6. The molecule has 0 aromatic carbocycles. The minimum atomic E-state index is -0.864. The first kappa shape index (κ1) is 16.5. The number of hydrogen-bond donors (Lipinski definition) is 1. The van der Waals surface area contributed by atoms with E-state index < -0.39 is 10.1 Å². The van der Waals surface area contributed by atoms with Crippen molar-refractivity contribution in [2.24, 2.45) is 0 Å². The van der Waals surface area contributed by atoms with E-state index in [0.717, 1.165) is 22.0 Å². The Kier molecular flexibility index (Phi) is 4.20. The zero-order valence-electron chi connectivity index (χ0n) is 12.7. The average Bonchev–Trinajstić information content (AvgIpc) is 3.25. The van der Waals surface area contributed by atoms with Crippen molar-refractivity contribution in [2.75, 3.05) is 5.84 Å². The number of nitrogen functional groups attached to an aromatic ring is 1. The largest absolute Gasteiger partial charge is 0.373 e. The molecule has 0 bridgehead atoms. The highest BCUT2D eigenvalue weighted by molar-refractivity contribution is 4.96. The summed E-state index contributed by atoms with van der Waals surface area (Å²) >= 11 is 0. The molecule has 3 rings (SSSR count). The van der Waals surface area contributed by atoms with Crippen LogP contribution < -0.4 is 15.2 Å². The van der Waals surface area contributed by atoms with Gasteiger partial charge in [-0.15, -0.1) is 20.3 Å². The zero-order chi connectivity index (χ0) is 18.7. The summed E-state index contributed by atoms with van der Waals surface area (Å²) in [6.45, 7) is 0.166. The minimum Gasteiger partial charge on any atom is -0.373 e. The lowest BCUT2D eigenvalue weighted by molar-refractivity contribution is -0.738. The Bertz CT molecular complexity index is 867. The SMILES string of the molecule is Nn1c(Cn2c[n+]([N-][N+](=O)[O-])cn2)nnc1Cn1c[n+]([N-][N+](=O)[O-])cn1. The molecule has 0 spiro atoms. The number of nitrogens with zero attached hydrogens (tertiary/aromatic N) is 13. The molecule has 0 atom stereocenters. The second-order valence-corrected chi connectivity index (χ2v) is 4.71. The van der Waals surface area contributed by atoms with Gasteiger partial charge in [-0.1, -0.05) is 0 Å². The Hall–Kier alpha value is -4.38. The van der Waals surface area contributed by atoms with Crippen LogP contribution in [0.5, 0.6) is 0 Å². The Labute approximate surface area is 142 Å². The molecule has 26 heavy (non-hydrogen) atoms. The van der Waals surface area contributed by atoms with Crippen LogP contribution in [-0.2, 0) is 13.1 Å². The van der Waals surface area contributed by atoms with Gasteiger partial charge in [0.2, 0.25) is 0 Å². The van der Waals surface area contributed by atoms with E-state index in [9.17, 15) is 20.2 Å². The predicted molar refractivity (Wildman–Crippen MR) is 74.7 cm³/mol. The summed E-state index contributed by atoms with van der Waals surface area (Å²) in [7, 11) is 0. The molecule has 0 radical (unpaired) electrons. The summed E-state index contributed by atoms with van der Waals surface area (Å²) in [5, 5.41) is 34.5. The minimum absolute atomic E-state index is 0.0828. The molecule has 18 heteroatoms. The van der Waals surface area contributed by atoms with Gasteiger partial charge in [0.15, 0.2) is 24.7 Å². The first-order chi connectivity index (χ1) is 12.4. The smallest absolute Gasteiger partial charge is 0.332 e. The van der Waals surface area contributed by atoms with Crippen LogP contribution in [0.4, 0.5) is 0 Å². The predicted octanol–water partition coefficient (Wildman–Crippen LogP) is -3.29. The summed E-state index contributed by atoms with van der Waals surface area (Å²) in [4.78, 5) is 20.6. The van der Waals surface area contributed by atoms with E-state index in [2.05, 4.69) is 31.5 Å². The molecule has 0 aliphatic heterocycles. The van der Waals surface area contributed by atoms with E-state index in [4.69, 9.17) is 5.84 Å². The maximum atomic E-state index is 10.3. The van der Waals surface area contributed by atoms with E-state index in [1.165, 1.54) is 26.7 Å². The molecule has 3 aromatic rings. The van der Waals surface area contributed by atoms with Gasteiger partial charge in [0.05, 0.1) is 0 Å². The molecule has 0 fully saturated rings. The molecule has 0 aliphatic rings. The lowest BCUT2D eigenvalue weighted by Crippen LogP contribution is -2.29. The Balaban J connectivity index is 1.67. The van der Waals surface area contributed by atoms with Gasteiger partial charge in [0.1, 0.15) is 10.2 Å². The number of aromatic nitrogens is 9. The highest BCUT2D eigenvalue weighted by atomic mass is 16.7. The van der Waals surface area contributed by atoms with Crippen LogP contribution in [0.1, 0.15) is 11.6 Å². The van der Waals surface area contributed by atoms with Crippen LogP contribution in [-0.4, -0.2) is 44.5 Å². The van der Waals surface area contributed by atoms with Crippen LogP contribution in [0.3, 0.4) is 0 Å². The van der Waals surface area contributed by atoms with Gasteiger partial charge in [-0.05, 0) is 9.36 Å². The summed E-state index contributed by atoms with van der Waals surface area (Å²) < 4.78 is 5.66. The topological polar surface area (TPSA) is 215 Å². The monoisotopic (exact) mass is 366 g/mol. The van der Waals surface area contributed by atoms with Crippen LogP contribution in [0.2, 0.25) is 0 Å². The summed E-state index contributed by atoms with van der Waals surface area (Å²) in [6.07, 6.45) is 4.82. The van der Waals surface area contributed by atoms with Gasteiger partial charge in [0.25, 0.3) is 12.7 Å². The standard InChI is InChI=1S/C8H10N14O4/c9-20-7(1-16-5-18(3-10-16)14-21(23)24)12-13-8(20)2-17-6-19(4-11-17)15-22(25)26/h3-6H,1-2,9H2. The van der Waals surface area contributed by atoms with Crippen molar-refractivity contribution in [3.63, 3.8) is 0 Å². The Morgan fingerprint density at radius 1 is 0.962 bits per heavy atom. The van der Waals surface area contributed by atoms with Crippen LogP contribution in [0.25, 0.3) is 11.1 Å². The molecule has 3 aromatic heterocycles. The maximum absolute atomic E-state index is 10.3. The van der Waals surface area contributed by atoms with Crippen molar-refractivity contribution >= 4 is 0 Å². The number of hydrogen-bond acceptors (Lipinski definition) is 9. The molecule has 0 unspecified atom stereocenters. The van der Waals surface area contributed by atoms with Crippen molar-refractivity contribution in [1.29, 1.82) is 0 Å². The van der Waals surface area contributed by atoms with Crippen LogP contribution in [0.15, 0.2) is 25.3 Å². The Morgan fingerprint density at radius 3 is 1.77 bits per heavy atom. The third-order valence-corrected chi connectivity index (χ3v) is 2.94. The third-order valence-electron chi connectivity index (χ3n) is 2.94. The molecular weight excluding hydrogens is 356 g/mol. The number of rotatable bonds is 8. The molecule has 0 aliphatic carbocycles. The van der Waals surface area contributed by atoms with E-state index in [1.807, 2.05) is 0 Å². The third kappa shape index (κ3) is 3.74. The first-order valence-electron chi connectivity index (χ1n) is 6.69. The lowest BCUT2D eigenvalue weighted by atomic mass is 10.5. The second kappa shape index (κ2) is 6.62. The van der Waals surface area contributed by atoms with Gasteiger partial charge in [-0.2, -0.15) is 0 Å². The van der Waals surface area contributed by atoms with E-state index in [-0.39, 0.29) is 13.1 Å². The van der Waals surface area contributed by atoms with Crippen molar-refractivity contribution in [1.82, 2.24) is 34.4 Å². The van der Waals surface area contributed by atoms with Gasteiger partial charge < -0.3 is 26.1 Å². The summed E-state index contributed by atoms with van der Waals surface area (Å²) in [5.74, 6) is 6.53. The fourth-order valence-electron chi connectivity index (χ4n) is 1.92. The fraction of sp³-hybridized carbons (Fsp3) is 0.250. The Morgan fingerprint density at radius 2 is 1.38 bits per heavy atom. The van der Waals surface area contributed by atoms with Crippen molar-refractivity contribution in [2.45, 2.75) is 13.1 Å². The van der Waals surface area contributed by atoms with Gasteiger partial charge in [-0.3, -0.25) is 11.1 Å². The highest BCUT2D eigenvalue weighted by Crippen LogP contribution is 2.01. The molecule has 3 heterocycles. The maximum Gasteiger partial charge on any atom is 0.332 e. The lowest BCUT2D eigenvalue weighted by Gasteiger charge is -2.07. The molecule has 0 saturated carbocycles. The molecule has 0 saturated heterocycles. The van der Waals surface area contributed by atoms with Gasteiger partial charge >= 0.3 is 12.7 Å². The van der Waals surface area contributed by atoms with E-state index >= 15 is 0 Å². The number of nitro groups is 2. The summed E-state index contributed by atoms with van der Waals surface area (Å²) in [6, 6.07) is 0. The molecule has 0 amide bonds. The zero-order valence-corrected chi connectivity index (χ0v) is 12.7. The molecule has 2 N–H and O–H groups in total. The van der Waals surface area contributed by atoms with Crippen molar-refractivity contribution in [3.8, 4) is 0 Å². The molecular formula is C8H10N14O4. The fourth-order valence-corrected chi connectivity index (χ4v) is 1.92. The number of nitrogens with two attached hydrogens (primary N) is 1. The van der Waals surface area contributed by atoms with Crippen molar-refractivity contribution < 1.29 is 19.4 Å². The van der Waals surface area contributed by atoms with Gasteiger partial charge in [-0.25, -0.2) is 14.0 Å². The quantitative estimate of drug-likeness (QED) is 0.183. The molecule has 18 nitrogen and oxygen atoms in total. The van der Waals surface area contributed by atoms with Crippen LogP contribution in [0, 0.1) is 20.2 Å². The highest BCUT2D eigenvalue weighted by Gasteiger charge is 2.19. The second-order valence-electron chi connectivity index (χ2n) is 4.71. The average molecular weight is 366 g/mol. The van der Waals surface area contributed by atoms with E-state index in [0.29, 0.717) is 11.6 Å². The van der Waals surface area contributed by atoms with E-state index in [1.54, 1.807) is 0 Å². The molecule has 136 valence electrons. The first-order valence-corrected chi connectivity index (χ1v) is 6.69. The van der Waals surface area contributed by atoms with Crippen LogP contribution >= 0.6 is 0 Å². The van der Waals surface area contributed by atoms with Crippen molar-refractivity contribution in [3.05, 3.63) is 68.3 Å².